The largest absolute Gasteiger partial charge is 0.491 e. The Morgan fingerprint density at radius 1 is 1.18 bits per heavy atom. The molecule has 1 aromatic carbocycles. The third-order valence-electron chi connectivity index (χ3n) is 5.92. The minimum absolute atomic E-state index is 0.107. The van der Waals surface area contributed by atoms with E-state index in [0.29, 0.717) is 18.2 Å². The van der Waals surface area contributed by atoms with Crippen LogP contribution in [-0.2, 0) is 28.5 Å². The van der Waals surface area contributed by atoms with E-state index in [9.17, 15) is 13.2 Å². The predicted octanol–water partition coefficient (Wildman–Crippen LogP) is 5.60. The normalized spacial score (nSPS) is 17.0. The zero-order valence-corrected chi connectivity index (χ0v) is 25.0. The van der Waals surface area contributed by atoms with Gasteiger partial charge in [-0.1, -0.05) is 0 Å². The summed E-state index contributed by atoms with van der Waals surface area (Å²) in [5.41, 5.74) is 0.330. The van der Waals surface area contributed by atoms with E-state index in [1.165, 1.54) is 4.90 Å². The minimum atomic E-state index is -3.62. The van der Waals surface area contributed by atoms with Gasteiger partial charge in [-0.2, -0.15) is 8.42 Å². The van der Waals surface area contributed by atoms with Gasteiger partial charge >= 0.3 is 6.09 Å². The van der Waals surface area contributed by atoms with Crippen molar-refractivity contribution in [1.82, 2.24) is 4.98 Å². The quantitative estimate of drug-likeness (QED) is 0.278. The van der Waals surface area contributed by atoms with E-state index in [-0.39, 0.29) is 13.2 Å². The van der Waals surface area contributed by atoms with Crippen LogP contribution in [0.15, 0.2) is 42.6 Å². The molecule has 1 amide bonds. The van der Waals surface area contributed by atoms with Crippen molar-refractivity contribution in [2.24, 2.45) is 0 Å². The summed E-state index contributed by atoms with van der Waals surface area (Å²) in [6.45, 7) is 6.02. The van der Waals surface area contributed by atoms with Gasteiger partial charge in [0.1, 0.15) is 29.9 Å². The monoisotopic (exact) mass is 592 g/mol. The Balaban J connectivity index is 1.42. The topological polar surface area (TPSA) is 113 Å². The maximum atomic E-state index is 12.3. The lowest BCUT2D eigenvalue weighted by atomic mass is 10.2. The second-order valence-electron chi connectivity index (χ2n) is 10.6. The number of pyridine rings is 1. The molecule has 2 aromatic heterocycles. The lowest BCUT2D eigenvalue weighted by Crippen LogP contribution is -2.35. The van der Waals surface area contributed by atoms with Gasteiger partial charge in [0.05, 0.1) is 12.9 Å². The zero-order valence-electron chi connectivity index (χ0n) is 23.4. The minimum Gasteiger partial charge on any atom is -0.491 e. The molecule has 3 heterocycles. The van der Waals surface area contributed by atoms with Crippen molar-refractivity contribution in [2.75, 3.05) is 38.0 Å². The molecule has 0 aliphatic carbocycles. The van der Waals surface area contributed by atoms with Crippen molar-refractivity contribution in [2.45, 2.75) is 58.0 Å². The molecule has 1 aliphatic rings. The van der Waals surface area contributed by atoms with Crippen molar-refractivity contribution in [3.8, 4) is 16.2 Å². The number of hydrogen-bond acceptors (Lipinski definition) is 10. The fraction of sp³-hybridized carbons (Fsp3) is 0.500. The fourth-order valence-corrected chi connectivity index (χ4v) is 5.43. The lowest BCUT2D eigenvalue weighted by Gasteiger charge is -2.27. The van der Waals surface area contributed by atoms with Crippen LogP contribution in [0.25, 0.3) is 20.5 Å². The summed E-state index contributed by atoms with van der Waals surface area (Å²) in [5.74, 6) is 1.12. The van der Waals surface area contributed by atoms with Gasteiger partial charge in [-0.05, 0) is 81.8 Å². The summed E-state index contributed by atoms with van der Waals surface area (Å²) in [6, 6.07) is 11.5. The Hall–Kier alpha value is -2.77. The standard InChI is InChI=1S/C28H36N2O8S2/c1-28(2,3)38-27(31)30(4)25-12-10-20(16-29-25)23-14-19-9-11-21(15-24(19)39-23)35-17-22(18-36-40(5,32)33)37-26-8-6-7-13-34-26/h9-12,14-16,22,26H,6-8,13,17-18H2,1-5H3/t22-,26+/m0/s1. The van der Waals surface area contributed by atoms with E-state index in [0.717, 1.165) is 46.0 Å². The highest BCUT2D eigenvalue weighted by Crippen LogP contribution is 2.35. The maximum absolute atomic E-state index is 12.3. The highest BCUT2D eigenvalue weighted by atomic mass is 32.2. The number of anilines is 1. The highest BCUT2D eigenvalue weighted by Gasteiger charge is 2.23. The van der Waals surface area contributed by atoms with E-state index in [1.807, 2.05) is 45.0 Å². The summed E-state index contributed by atoms with van der Waals surface area (Å²) in [4.78, 5) is 19.2. The Morgan fingerprint density at radius 2 is 1.98 bits per heavy atom. The first-order valence-corrected chi connectivity index (χ1v) is 15.7. The summed E-state index contributed by atoms with van der Waals surface area (Å²) >= 11 is 1.59. The van der Waals surface area contributed by atoms with Crippen LogP contribution < -0.4 is 9.64 Å². The molecule has 0 spiro atoms. The number of amides is 1. The number of carbonyl (C=O) groups is 1. The van der Waals surface area contributed by atoms with E-state index >= 15 is 0 Å². The SMILES string of the molecule is CN(C(=O)OC(C)(C)C)c1ccc(-c2cc3ccc(OC[C@@H](COS(C)(=O)=O)O[C@@H]4CCCCO4)cc3s2)cn1. The lowest BCUT2D eigenvalue weighted by molar-refractivity contribution is -0.198. The van der Waals surface area contributed by atoms with Crippen molar-refractivity contribution in [3.63, 3.8) is 0 Å². The molecular formula is C28H36N2O8S2. The van der Waals surface area contributed by atoms with Gasteiger partial charge < -0.3 is 18.9 Å². The molecule has 12 heteroatoms. The van der Waals surface area contributed by atoms with Gasteiger partial charge in [0.15, 0.2) is 6.29 Å². The summed E-state index contributed by atoms with van der Waals surface area (Å²) in [7, 11) is -1.99. The number of carbonyl (C=O) groups excluding carboxylic acids is 1. The smallest absolute Gasteiger partial charge is 0.415 e. The molecular weight excluding hydrogens is 556 g/mol. The average molecular weight is 593 g/mol. The number of aromatic nitrogens is 1. The van der Waals surface area contributed by atoms with Crippen LogP contribution in [-0.4, -0.2) is 70.6 Å². The van der Waals surface area contributed by atoms with Crippen LogP contribution in [0.5, 0.6) is 5.75 Å². The Morgan fingerprint density at radius 3 is 2.62 bits per heavy atom. The van der Waals surface area contributed by atoms with Gasteiger partial charge in [-0.3, -0.25) is 9.08 Å². The zero-order chi connectivity index (χ0) is 28.9. The summed E-state index contributed by atoms with van der Waals surface area (Å²) < 4.78 is 52.0. The average Bonchev–Trinajstić information content (AvgIpc) is 3.32. The Labute approximate surface area is 239 Å². The number of thiophene rings is 1. The highest BCUT2D eigenvalue weighted by molar-refractivity contribution is 7.85. The van der Waals surface area contributed by atoms with Crippen molar-refractivity contribution >= 4 is 43.5 Å². The second-order valence-corrected chi connectivity index (χ2v) is 13.3. The van der Waals surface area contributed by atoms with Crippen LogP contribution >= 0.6 is 11.3 Å². The van der Waals surface area contributed by atoms with Gasteiger partial charge in [0.2, 0.25) is 0 Å². The first-order valence-electron chi connectivity index (χ1n) is 13.1. The van der Waals surface area contributed by atoms with Gasteiger partial charge in [0.25, 0.3) is 10.1 Å². The molecule has 0 saturated carbocycles. The Bertz CT molecular complexity index is 1390. The van der Waals surface area contributed by atoms with Crippen molar-refractivity contribution < 1.29 is 36.3 Å². The van der Waals surface area contributed by atoms with Gasteiger partial charge in [-0.25, -0.2) is 9.78 Å². The van der Waals surface area contributed by atoms with E-state index in [2.05, 4.69) is 11.1 Å². The number of hydrogen-bond donors (Lipinski definition) is 0. The first-order chi connectivity index (χ1) is 18.9. The first kappa shape index (κ1) is 30.2. The number of rotatable bonds is 10. The molecule has 40 heavy (non-hydrogen) atoms. The number of nitrogens with zero attached hydrogens (tertiary/aromatic N) is 2. The van der Waals surface area contributed by atoms with Crippen LogP contribution in [0.1, 0.15) is 40.0 Å². The Kier molecular flexibility index (Phi) is 9.68. The van der Waals surface area contributed by atoms with E-state index in [1.54, 1.807) is 30.6 Å². The second kappa shape index (κ2) is 12.8. The van der Waals surface area contributed by atoms with E-state index in [4.69, 9.17) is 23.1 Å². The van der Waals surface area contributed by atoms with E-state index < -0.39 is 34.2 Å². The maximum Gasteiger partial charge on any atom is 0.415 e. The molecule has 10 nitrogen and oxygen atoms in total. The van der Waals surface area contributed by atoms with Crippen LogP contribution in [0.4, 0.5) is 10.6 Å². The predicted molar refractivity (Wildman–Crippen MR) is 154 cm³/mol. The van der Waals surface area contributed by atoms with Crippen LogP contribution in [0.3, 0.4) is 0 Å². The van der Waals surface area contributed by atoms with Crippen molar-refractivity contribution in [3.05, 3.63) is 42.6 Å². The van der Waals surface area contributed by atoms with Crippen molar-refractivity contribution in [1.29, 1.82) is 0 Å². The molecule has 1 fully saturated rings. The third-order valence-corrected chi connectivity index (χ3v) is 7.63. The molecule has 0 bridgehead atoms. The molecule has 1 aliphatic heterocycles. The summed E-state index contributed by atoms with van der Waals surface area (Å²) in [5, 5.41) is 1.05. The molecule has 0 N–H and O–H groups in total. The molecule has 218 valence electrons. The van der Waals surface area contributed by atoms with Crippen LogP contribution in [0.2, 0.25) is 0 Å². The molecule has 1 saturated heterocycles. The molecule has 0 unspecified atom stereocenters. The third kappa shape index (κ3) is 8.87. The molecule has 3 aromatic rings. The number of fused-ring (bicyclic) bond motifs is 1. The van der Waals surface area contributed by atoms with Crippen LogP contribution in [0, 0.1) is 0 Å². The molecule has 0 radical (unpaired) electrons. The van der Waals surface area contributed by atoms with Gasteiger partial charge in [0, 0.05) is 35.0 Å². The number of ether oxygens (including phenoxy) is 4. The number of benzene rings is 1. The van der Waals surface area contributed by atoms with Gasteiger partial charge in [-0.15, -0.1) is 11.3 Å². The molecule has 4 rings (SSSR count). The fourth-order valence-electron chi connectivity index (χ4n) is 3.95. The molecule has 2 atom stereocenters. The summed E-state index contributed by atoms with van der Waals surface area (Å²) in [6.07, 6.45) is 3.96.